The number of aryl methyl sites for hydroxylation is 1. The summed E-state index contributed by atoms with van der Waals surface area (Å²) in [6, 6.07) is 3.57. The molecule has 0 spiro atoms. The molecule has 4 nitrogen and oxygen atoms in total. The Labute approximate surface area is 111 Å². The molecule has 0 atom stereocenters. The van der Waals surface area contributed by atoms with Crippen molar-refractivity contribution in [2.24, 2.45) is 0 Å². The van der Waals surface area contributed by atoms with Gasteiger partial charge in [0.25, 0.3) is 0 Å². The predicted octanol–water partition coefficient (Wildman–Crippen LogP) is 3.11. The van der Waals surface area contributed by atoms with Crippen LogP contribution in [-0.2, 0) is 0 Å². The maximum Gasteiger partial charge on any atom is 0.153 e. The lowest BCUT2D eigenvalue weighted by atomic mass is 9.97. The summed E-state index contributed by atoms with van der Waals surface area (Å²) >= 11 is 0. The number of hydrogen-bond acceptors (Lipinski definition) is 3. The van der Waals surface area contributed by atoms with Crippen LogP contribution in [0, 0.1) is 12.7 Å². The number of aromatic nitrogens is 4. The van der Waals surface area contributed by atoms with Crippen molar-refractivity contribution in [3.05, 3.63) is 34.9 Å². The van der Waals surface area contributed by atoms with Gasteiger partial charge in [-0.05, 0) is 65.3 Å². The Balaban J connectivity index is 2.20. The number of tetrazole rings is 1. The van der Waals surface area contributed by atoms with E-state index in [1.807, 2.05) is 26.8 Å². The molecule has 2 aromatic rings. The summed E-state index contributed by atoms with van der Waals surface area (Å²) in [5.74, 6) is 1.20. The molecule has 0 radical (unpaired) electrons. The molecular weight excluding hydrogens is 243 g/mol. The predicted molar refractivity (Wildman–Crippen MR) is 69.9 cm³/mol. The Morgan fingerprint density at radius 2 is 2.05 bits per heavy atom. The Kier molecular flexibility index (Phi) is 2.84. The van der Waals surface area contributed by atoms with Crippen LogP contribution >= 0.6 is 0 Å². The van der Waals surface area contributed by atoms with E-state index in [4.69, 9.17) is 0 Å². The van der Waals surface area contributed by atoms with E-state index < -0.39 is 0 Å². The van der Waals surface area contributed by atoms with Gasteiger partial charge in [-0.25, -0.2) is 4.39 Å². The highest BCUT2D eigenvalue weighted by atomic mass is 19.1. The normalized spacial score (nSPS) is 15.2. The Bertz CT molecular complexity index is 614. The van der Waals surface area contributed by atoms with Gasteiger partial charge < -0.3 is 0 Å². The minimum Gasteiger partial charge on any atom is -0.207 e. The third-order valence-corrected chi connectivity index (χ3v) is 3.64. The third-order valence-electron chi connectivity index (χ3n) is 3.64. The van der Waals surface area contributed by atoms with E-state index in [2.05, 4.69) is 15.5 Å². The molecule has 0 aliphatic heterocycles. The maximum absolute atomic E-state index is 14.2. The molecule has 3 rings (SSSR count). The van der Waals surface area contributed by atoms with Gasteiger partial charge in [0, 0.05) is 0 Å². The first-order chi connectivity index (χ1) is 9.08. The van der Waals surface area contributed by atoms with Crippen molar-refractivity contribution >= 4 is 0 Å². The van der Waals surface area contributed by atoms with Gasteiger partial charge in [0.1, 0.15) is 5.82 Å². The number of rotatable bonds is 3. The molecule has 0 bridgehead atoms. The van der Waals surface area contributed by atoms with Crippen LogP contribution in [0.1, 0.15) is 55.5 Å². The molecule has 1 aliphatic carbocycles. The smallest absolute Gasteiger partial charge is 0.153 e. The molecule has 1 aromatic heterocycles. The summed E-state index contributed by atoms with van der Waals surface area (Å²) in [5, 5.41) is 11.6. The highest BCUT2D eigenvalue weighted by Gasteiger charge is 2.29. The summed E-state index contributed by atoms with van der Waals surface area (Å²) in [5.41, 5.74) is 2.67. The molecule has 1 saturated carbocycles. The fraction of sp³-hybridized carbons (Fsp3) is 0.500. The quantitative estimate of drug-likeness (QED) is 0.851. The largest absolute Gasteiger partial charge is 0.207 e. The van der Waals surface area contributed by atoms with Crippen LogP contribution in [0.25, 0.3) is 5.69 Å². The minimum absolute atomic E-state index is 0.119. The highest BCUT2D eigenvalue weighted by molar-refractivity contribution is 5.48. The zero-order valence-corrected chi connectivity index (χ0v) is 11.4. The van der Waals surface area contributed by atoms with Crippen molar-refractivity contribution in [3.63, 3.8) is 0 Å². The second-order valence-electron chi connectivity index (χ2n) is 5.50. The van der Waals surface area contributed by atoms with Crippen molar-refractivity contribution in [2.45, 2.75) is 45.4 Å². The van der Waals surface area contributed by atoms with Gasteiger partial charge in [-0.2, -0.15) is 4.68 Å². The fourth-order valence-electron chi connectivity index (χ4n) is 2.39. The van der Waals surface area contributed by atoms with Crippen molar-refractivity contribution in [3.8, 4) is 5.69 Å². The van der Waals surface area contributed by atoms with Crippen LogP contribution in [0.4, 0.5) is 4.39 Å². The molecule has 0 unspecified atom stereocenters. The lowest BCUT2D eigenvalue weighted by Gasteiger charge is -2.14. The molecule has 1 aliphatic rings. The van der Waals surface area contributed by atoms with Crippen LogP contribution in [0.5, 0.6) is 0 Å². The van der Waals surface area contributed by atoms with Crippen LogP contribution in [-0.4, -0.2) is 20.2 Å². The van der Waals surface area contributed by atoms with E-state index in [1.165, 1.54) is 0 Å². The SMILES string of the molecule is Cc1nnnn1-c1cc(C(C)C)c(F)cc1C1CC1. The Morgan fingerprint density at radius 3 is 2.58 bits per heavy atom. The third kappa shape index (κ3) is 2.13. The molecule has 1 heterocycles. The first-order valence-corrected chi connectivity index (χ1v) is 6.66. The zero-order chi connectivity index (χ0) is 13.6. The van der Waals surface area contributed by atoms with Gasteiger partial charge in [0.2, 0.25) is 0 Å². The molecule has 0 saturated heterocycles. The molecule has 1 aromatic carbocycles. The van der Waals surface area contributed by atoms with Crippen LogP contribution < -0.4 is 0 Å². The Morgan fingerprint density at radius 1 is 1.32 bits per heavy atom. The molecular formula is C14H17FN4. The fourth-order valence-corrected chi connectivity index (χ4v) is 2.39. The van der Waals surface area contributed by atoms with Gasteiger partial charge in [-0.1, -0.05) is 13.8 Å². The molecule has 5 heteroatoms. The molecule has 1 fully saturated rings. The zero-order valence-electron chi connectivity index (χ0n) is 11.4. The molecule has 100 valence electrons. The molecule has 0 amide bonds. The topological polar surface area (TPSA) is 43.6 Å². The van der Waals surface area contributed by atoms with E-state index >= 15 is 0 Å². The second kappa shape index (κ2) is 4.40. The van der Waals surface area contributed by atoms with Crippen LogP contribution in [0.3, 0.4) is 0 Å². The van der Waals surface area contributed by atoms with Gasteiger partial charge >= 0.3 is 0 Å². The monoisotopic (exact) mass is 260 g/mol. The van der Waals surface area contributed by atoms with Gasteiger partial charge in [-0.3, -0.25) is 0 Å². The Hall–Kier alpha value is -1.78. The summed E-state index contributed by atoms with van der Waals surface area (Å²) in [7, 11) is 0. The minimum atomic E-state index is -0.119. The highest BCUT2D eigenvalue weighted by Crippen LogP contribution is 2.43. The van der Waals surface area contributed by atoms with E-state index in [9.17, 15) is 4.39 Å². The number of benzene rings is 1. The van der Waals surface area contributed by atoms with Gasteiger partial charge in [0.05, 0.1) is 5.69 Å². The lowest BCUT2D eigenvalue weighted by molar-refractivity contribution is 0.594. The molecule has 19 heavy (non-hydrogen) atoms. The number of hydrogen-bond donors (Lipinski definition) is 0. The van der Waals surface area contributed by atoms with E-state index in [-0.39, 0.29) is 11.7 Å². The number of halogens is 1. The van der Waals surface area contributed by atoms with Crippen LogP contribution in [0.15, 0.2) is 12.1 Å². The standard InChI is InChI=1S/C14H17FN4/c1-8(2)11-7-14(19-9(3)16-17-18-19)12(6-13(11)15)10-4-5-10/h6-8,10H,4-5H2,1-3H3. The van der Waals surface area contributed by atoms with Crippen molar-refractivity contribution in [2.75, 3.05) is 0 Å². The van der Waals surface area contributed by atoms with Crippen LogP contribution in [0.2, 0.25) is 0 Å². The summed E-state index contributed by atoms with van der Waals surface area (Å²) in [4.78, 5) is 0. The van der Waals surface area contributed by atoms with E-state index in [0.29, 0.717) is 11.5 Å². The summed E-state index contributed by atoms with van der Waals surface area (Å²) < 4.78 is 15.9. The molecule has 0 N–H and O–H groups in total. The first kappa shape index (κ1) is 12.3. The maximum atomic E-state index is 14.2. The van der Waals surface area contributed by atoms with Crippen molar-refractivity contribution < 1.29 is 4.39 Å². The average Bonchev–Trinajstić information content (AvgIpc) is 3.12. The number of nitrogens with zero attached hydrogens (tertiary/aromatic N) is 4. The summed E-state index contributed by atoms with van der Waals surface area (Å²) in [6.45, 7) is 5.84. The first-order valence-electron chi connectivity index (χ1n) is 6.66. The van der Waals surface area contributed by atoms with Gasteiger partial charge in [-0.15, -0.1) is 5.10 Å². The van der Waals surface area contributed by atoms with E-state index in [1.54, 1.807) is 10.7 Å². The second-order valence-corrected chi connectivity index (χ2v) is 5.50. The van der Waals surface area contributed by atoms with E-state index in [0.717, 1.165) is 29.9 Å². The average molecular weight is 260 g/mol. The van der Waals surface area contributed by atoms with Gasteiger partial charge in [0.15, 0.2) is 5.82 Å². The lowest BCUT2D eigenvalue weighted by Crippen LogP contribution is -2.07. The van der Waals surface area contributed by atoms with Crippen molar-refractivity contribution in [1.29, 1.82) is 0 Å². The summed E-state index contributed by atoms with van der Waals surface area (Å²) in [6.07, 6.45) is 2.24. The van der Waals surface area contributed by atoms with Crippen molar-refractivity contribution in [1.82, 2.24) is 20.2 Å².